The maximum Gasteiger partial charge on any atom is 0.303 e. The number of carbonyl (C=O) groups excluding carboxylic acids is 16. The van der Waals surface area contributed by atoms with Crippen molar-refractivity contribution in [3.05, 3.63) is 114 Å². The van der Waals surface area contributed by atoms with Crippen LogP contribution in [0.3, 0.4) is 0 Å². The molecule has 3 fully saturated rings. The van der Waals surface area contributed by atoms with Crippen LogP contribution in [0.4, 0.5) is 0 Å². The summed E-state index contributed by atoms with van der Waals surface area (Å²) < 4.78 is 0. The monoisotopic (exact) mass is 1920 g/mol. The van der Waals surface area contributed by atoms with Gasteiger partial charge in [-0.15, -0.1) is 11.8 Å². The lowest BCUT2D eigenvalue weighted by Gasteiger charge is -2.36. The molecular formula is C93H130N22O21S. The number of aliphatic hydroxyl groups excluding tert-OH is 2. The molecule has 0 aliphatic carbocycles. The quantitative estimate of drug-likeness (QED) is 0.0168. The van der Waals surface area contributed by atoms with Gasteiger partial charge in [-0.3, -0.25) is 91.9 Å². The molecule has 4 aliphatic rings. The van der Waals surface area contributed by atoms with Crippen LogP contribution in [0.1, 0.15) is 154 Å². The summed E-state index contributed by atoms with van der Waals surface area (Å²) in [6.45, 7) is 6.06. The second-order valence-corrected chi connectivity index (χ2v) is 36.5. The van der Waals surface area contributed by atoms with Gasteiger partial charge in [-0.2, -0.15) is 0 Å². The van der Waals surface area contributed by atoms with E-state index in [2.05, 4.69) is 73.4 Å². The standard InChI is InChI=1S/C93H130N22O21S/c1-9-11-24-72-85(129)103-63(23-17-34-98-93(95)96)81(125)110-71(80(124)101-46-76(94)119)49-137-50-77(120)102-68(38-53-27-29-57(117)30-28-53)88(132)111(6)52(5)79(123)104-64(31-32-78(121)122)90(134)114-36-18-26-73(114)86(130)105-65(39-54-33-35-97-43-54)82(126)107-67(37-51(3)4)91(135)115-47-58(118)42-75(115)87(131)106-66(40-55-44-99-61-21-15-13-19-59(55)61)83(127)109-70(48-116)84(128)108-69(41-56-45-100-62-22-16-14-20-60(56)62)89(133)113(8)74(25-12-10-2)92(136)112(72)7/h13-16,19-22,27-30,35,43-45,51-52,58,63-75,99-100,116-118H,9-12,17-18,23-26,31-34,36-42,46-50H2,1-8H3,(H2,94,119)(H,101,124)(H,102,120)(H,103,129)(H,104,123)(H,105,130)(H,106,131)(H,107,126)(H,108,128)(H,109,127)(H,110,125)(H,121,122)(H4,95,96,98)/t52-,58+,63-,64-,65-,66-,67-,68-,69-,70-,71-,72-,73-,74-,75-/m0/s1. The zero-order valence-corrected chi connectivity index (χ0v) is 79.2. The maximum atomic E-state index is 15.8. The average molecular weight is 1920 g/mol. The number of nitrogens with one attached hydrogen (secondary N) is 14. The summed E-state index contributed by atoms with van der Waals surface area (Å²) >= 11 is 0.760. The van der Waals surface area contributed by atoms with Crippen molar-refractivity contribution in [2.24, 2.45) is 22.4 Å². The van der Waals surface area contributed by atoms with Crippen molar-refractivity contribution in [3.8, 4) is 5.75 Å². The van der Waals surface area contributed by atoms with Gasteiger partial charge in [0.1, 0.15) is 90.3 Å². The van der Waals surface area contributed by atoms with Crippen molar-refractivity contribution in [3.63, 3.8) is 0 Å². The van der Waals surface area contributed by atoms with E-state index in [-0.39, 0.29) is 108 Å². The Bertz CT molecular complexity index is 5240. The summed E-state index contributed by atoms with van der Waals surface area (Å²) in [7, 11) is 3.91. The molecule has 43 nitrogen and oxygen atoms in total. The summed E-state index contributed by atoms with van der Waals surface area (Å²) in [4.78, 5) is 267. The number of nitrogens with two attached hydrogens (primary N) is 2. The Morgan fingerprint density at radius 2 is 1.11 bits per heavy atom. The average Bonchev–Trinajstić information content (AvgIpc) is 1.76. The SMILES string of the molecule is CCCC[C@H]1C(=O)N(C)[C@@H](CCCC)C(=O)N[C@@H](CCCNC(=N)N)C(=O)N[C@H](C(=O)NCC(N)=O)CSCC(=O)N[C@@H](Cc2ccc(O)cc2)C(=O)N(C)[C@@H](C)C(=O)N[C@@H](CCC(=O)O)C(=O)N2CCC[C@H]2C(=O)N[C@@H](CC2=CN=CC2)C(=O)N[C@@H](CC(C)C)C(=O)N2C[C@H](O)C[C@H]2C(=O)N[C@@H](Cc2c[nH]c3ccccc23)C(=O)N[C@@H](CO)C(=O)N[C@@H](Cc2c[nH]c3ccccc23)C(=O)N1C. The van der Waals surface area contributed by atoms with Crippen LogP contribution in [0.2, 0.25) is 0 Å². The first-order chi connectivity index (χ1) is 65.3. The van der Waals surface area contributed by atoms with Gasteiger partial charge in [0, 0.05) is 132 Å². The van der Waals surface area contributed by atoms with Crippen molar-refractivity contribution in [2.75, 3.05) is 65.4 Å². The molecule has 0 unspecified atom stereocenters. The number of unbranched alkanes of at least 4 members (excludes halogenated alkanes) is 2. The lowest BCUT2D eigenvalue weighted by molar-refractivity contribution is -0.149. The predicted molar refractivity (Wildman–Crippen MR) is 506 cm³/mol. The van der Waals surface area contributed by atoms with Gasteiger partial charge in [0.05, 0.1) is 25.0 Å². The van der Waals surface area contributed by atoms with E-state index >= 15 is 43.2 Å². The Morgan fingerprint density at radius 3 is 1.71 bits per heavy atom. The Hall–Kier alpha value is -13.5. The van der Waals surface area contributed by atoms with Crippen LogP contribution < -0.4 is 70.0 Å². The predicted octanol–water partition coefficient (Wildman–Crippen LogP) is -1.16. The molecule has 6 heterocycles. The van der Waals surface area contributed by atoms with Gasteiger partial charge in [0.15, 0.2) is 5.96 Å². The van der Waals surface area contributed by atoms with Gasteiger partial charge in [-0.05, 0) is 117 Å². The number of amides is 16. The molecule has 744 valence electrons. The Kier molecular flexibility index (Phi) is 40.2. The fourth-order valence-electron chi connectivity index (χ4n) is 17.1. The van der Waals surface area contributed by atoms with Gasteiger partial charge >= 0.3 is 5.97 Å². The number of nitrogens with zero attached hydrogens (tertiary/aromatic N) is 6. The molecule has 4 aliphatic heterocycles. The molecule has 9 rings (SSSR count). The van der Waals surface area contributed by atoms with Gasteiger partial charge in [0.25, 0.3) is 0 Å². The number of likely N-dealkylation sites (N-methyl/N-ethyl adjacent to an activating group) is 3. The molecule has 3 aromatic carbocycles. The van der Waals surface area contributed by atoms with Gasteiger partial charge in [-0.1, -0.05) is 102 Å². The molecule has 15 atom stereocenters. The number of aliphatic carboxylic acids is 1. The minimum atomic E-state index is -1.89. The number of aromatic amines is 2. The van der Waals surface area contributed by atoms with E-state index in [1.807, 2.05) is 13.8 Å². The van der Waals surface area contributed by atoms with Gasteiger partial charge in [0.2, 0.25) is 94.5 Å². The van der Waals surface area contributed by atoms with Crippen molar-refractivity contribution < 1.29 is 102 Å². The van der Waals surface area contributed by atoms with Crippen LogP contribution in [0.25, 0.3) is 21.8 Å². The number of H-pyrrole nitrogens is 2. The van der Waals surface area contributed by atoms with Crippen LogP contribution in [0.15, 0.2) is 102 Å². The summed E-state index contributed by atoms with van der Waals surface area (Å²) in [5, 5.41) is 81.3. The lowest BCUT2D eigenvalue weighted by Crippen LogP contribution is -2.61. The van der Waals surface area contributed by atoms with Crippen LogP contribution >= 0.6 is 11.8 Å². The number of thioether (sulfide) groups is 1. The van der Waals surface area contributed by atoms with Crippen LogP contribution in [0.5, 0.6) is 5.75 Å². The largest absolute Gasteiger partial charge is 0.508 e. The highest BCUT2D eigenvalue weighted by Gasteiger charge is 2.47. The summed E-state index contributed by atoms with van der Waals surface area (Å²) in [6, 6.07) is -2.04. The van der Waals surface area contributed by atoms with E-state index < -0.39 is 241 Å². The minimum absolute atomic E-state index is 0.00165. The summed E-state index contributed by atoms with van der Waals surface area (Å²) in [6.07, 6.45) is 4.00. The number of benzene rings is 3. The molecule has 137 heavy (non-hydrogen) atoms. The summed E-state index contributed by atoms with van der Waals surface area (Å²) in [5.41, 5.74) is 14.3. The highest BCUT2D eigenvalue weighted by Crippen LogP contribution is 2.29. The molecule has 16 amide bonds. The van der Waals surface area contributed by atoms with Crippen LogP contribution in [0, 0.1) is 11.3 Å². The Morgan fingerprint density at radius 1 is 0.569 bits per heavy atom. The molecule has 0 spiro atoms. The number of carbonyl (C=O) groups is 17. The Labute approximate surface area is 797 Å². The number of hydrogen-bond donors (Lipinski definition) is 20. The number of fused-ring (bicyclic) bond motifs is 4. The fraction of sp³-hybridized carbons (Fsp3) is 0.538. The van der Waals surface area contributed by atoms with E-state index in [9.17, 15) is 58.8 Å². The maximum absolute atomic E-state index is 15.8. The second-order valence-electron chi connectivity index (χ2n) is 35.5. The van der Waals surface area contributed by atoms with E-state index in [1.54, 1.807) is 81.0 Å². The zero-order valence-electron chi connectivity index (χ0n) is 78.3. The number of aromatic nitrogens is 2. The number of guanidine groups is 1. The van der Waals surface area contributed by atoms with Gasteiger partial charge in [-0.25, -0.2) is 0 Å². The number of primary amides is 1. The molecule has 0 bridgehead atoms. The van der Waals surface area contributed by atoms with E-state index in [1.165, 1.54) is 58.5 Å². The van der Waals surface area contributed by atoms with Crippen molar-refractivity contribution in [1.29, 1.82) is 5.41 Å². The molecule has 0 saturated carbocycles. The molecular weight excluding hydrogens is 1790 g/mol. The molecule has 3 saturated heterocycles. The van der Waals surface area contributed by atoms with Crippen molar-refractivity contribution in [1.82, 2.24) is 93.0 Å². The lowest BCUT2D eigenvalue weighted by atomic mass is 9.99. The number of phenols is 1. The fourth-order valence-corrected chi connectivity index (χ4v) is 17.9. The van der Waals surface area contributed by atoms with E-state index in [4.69, 9.17) is 16.9 Å². The van der Waals surface area contributed by atoms with E-state index in [0.29, 0.717) is 69.8 Å². The van der Waals surface area contributed by atoms with E-state index in [0.717, 1.165) is 36.3 Å². The van der Waals surface area contributed by atoms with Crippen LogP contribution in [-0.4, -0.2) is 324 Å². The molecule has 0 radical (unpaired) electrons. The third-order valence-electron chi connectivity index (χ3n) is 24.8. The molecule has 22 N–H and O–H groups in total. The number of phenolic OH excluding ortho intramolecular Hbond substituents is 1. The number of carboxylic acid groups (broad SMARTS) is 1. The first kappa shape index (κ1) is 107. The third-order valence-corrected chi connectivity index (χ3v) is 25.8. The summed E-state index contributed by atoms with van der Waals surface area (Å²) in [5.74, 6) is -18.2. The first-order valence-corrected chi connectivity index (χ1v) is 47.4. The molecule has 2 aromatic heterocycles. The number of para-hydroxylation sites is 2. The second kappa shape index (κ2) is 51.4. The van der Waals surface area contributed by atoms with Crippen molar-refractivity contribution in [2.45, 2.75) is 247 Å². The highest BCUT2D eigenvalue weighted by atomic mass is 32.2. The van der Waals surface area contributed by atoms with Crippen LogP contribution in [-0.2, 0) is 101 Å². The number of hydrogen-bond acceptors (Lipinski definition) is 23. The third kappa shape index (κ3) is 30.2. The number of rotatable bonds is 27. The molecule has 5 aromatic rings. The first-order valence-electron chi connectivity index (χ1n) is 46.2. The zero-order chi connectivity index (χ0) is 100. The number of aliphatic imine (C=N–C) groups is 1. The Balaban J connectivity index is 1.10. The highest BCUT2D eigenvalue weighted by molar-refractivity contribution is 8.00. The number of carboxylic acids is 1. The smallest absolute Gasteiger partial charge is 0.303 e. The number of aliphatic hydroxyl groups is 2. The number of aromatic hydroxyl groups is 1. The van der Waals surface area contributed by atoms with Crippen molar-refractivity contribution >= 4 is 146 Å². The van der Waals surface area contributed by atoms with Gasteiger partial charge < -0.3 is 125 Å². The molecule has 44 heteroatoms. The normalized spacial score (nSPS) is 25.0. The topological polar surface area (TPSA) is 639 Å². The minimum Gasteiger partial charge on any atom is -0.508 e.